The predicted octanol–water partition coefficient (Wildman–Crippen LogP) is 17.1. The summed E-state index contributed by atoms with van der Waals surface area (Å²) in [6.07, 6.45) is 0. The van der Waals surface area contributed by atoms with Crippen LogP contribution in [-0.2, 0) is 21.7 Å². The number of nitrogens with zero attached hydrogens (tertiary/aromatic N) is 2. The van der Waals surface area contributed by atoms with Crippen LogP contribution in [0.1, 0.15) is 105 Å². The summed E-state index contributed by atoms with van der Waals surface area (Å²) in [5.41, 5.74) is 8.43. The van der Waals surface area contributed by atoms with Crippen molar-refractivity contribution in [3.05, 3.63) is 181 Å². The SMILES string of the molecule is CC(C)(C)c1ccc2c(c1)c1cc(C(C)(C)C)ccc1n2-c1ccc(-c2c(Cl)c(=O)c2=O)s1.CC(C)(C)c1ccc2c(c1)c1cc(C(C)(C)C)ccc1n2-c1cccs1.O=c1c(Cl)c(Cl)c1=O.[Cl][Al]([Cl])[Cl]. The fourth-order valence-electron chi connectivity index (χ4n) is 8.29. The summed E-state index contributed by atoms with van der Waals surface area (Å²) in [7, 11) is 14.8. The van der Waals surface area contributed by atoms with Gasteiger partial charge in [-0.15, -0.1) is 22.7 Å². The van der Waals surface area contributed by atoms with Gasteiger partial charge in [-0.25, -0.2) is 30.1 Å². The van der Waals surface area contributed by atoms with E-state index in [2.05, 4.69) is 183 Å². The summed E-state index contributed by atoms with van der Waals surface area (Å²) < 4.78 is 4.66. The van der Waals surface area contributed by atoms with E-state index >= 15 is 0 Å². The van der Waals surface area contributed by atoms with Crippen LogP contribution in [0.4, 0.5) is 0 Å². The zero-order valence-corrected chi connectivity index (χ0v) is 48.8. The lowest BCUT2D eigenvalue weighted by Gasteiger charge is -2.19. The summed E-state index contributed by atoms with van der Waals surface area (Å²) in [4.78, 5) is 44.7. The van der Waals surface area contributed by atoms with Gasteiger partial charge in [0.25, 0.3) is 0 Å². The van der Waals surface area contributed by atoms with Gasteiger partial charge < -0.3 is 9.13 Å². The van der Waals surface area contributed by atoms with Gasteiger partial charge in [-0.2, -0.15) is 0 Å². The van der Waals surface area contributed by atoms with E-state index in [0.29, 0.717) is 5.56 Å². The van der Waals surface area contributed by atoms with Gasteiger partial charge in [0.2, 0.25) is 21.7 Å². The molecule has 0 aliphatic heterocycles. The van der Waals surface area contributed by atoms with Gasteiger partial charge in [0, 0.05) is 26.4 Å². The molecule has 0 bridgehead atoms. The molecule has 0 aliphatic carbocycles. The molecule has 0 aliphatic rings. The minimum atomic E-state index is -1.72. The molecular weight excluding hydrogens is 1070 g/mol. The van der Waals surface area contributed by atoms with E-state index in [1.807, 2.05) is 12.1 Å². The van der Waals surface area contributed by atoms with E-state index in [1.165, 1.54) is 71.2 Å². The van der Waals surface area contributed by atoms with E-state index in [-0.39, 0.29) is 36.7 Å². The molecule has 368 valence electrons. The highest BCUT2D eigenvalue weighted by Gasteiger charge is 2.26. The Labute approximate surface area is 453 Å². The Bertz CT molecular complexity index is 3590. The minimum Gasteiger partial charge on any atom is -0.301 e. The van der Waals surface area contributed by atoms with Gasteiger partial charge in [-0.1, -0.05) is 142 Å². The summed E-state index contributed by atoms with van der Waals surface area (Å²) in [6, 6.07) is 35.6. The summed E-state index contributed by atoms with van der Waals surface area (Å²) in [6.45, 7) is 27.1. The maximum Gasteiger partial charge on any atom is 0.643 e. The second-order valence-corrected chi connectivity index (χ2v) is 31.1. The fourth-order valence-corrected chi connectivity index (χ4v) is 10.8. The number of hydrogen-bond acceptors (Lipinski definition) is 6. The average molecular weight is 1120 g/mol. The van der Waals surface area contributed by atoms with Crippen molar-refractivity contribution in [3.63, 3.8) is 0 Å². The zero-order chi connectivity index (χ0) is 52.4. The molecular formula is C56H53AlCl6N2O4S2. The smallest absolute Gasteiger partial charge is 0.301 e. The summed E-state index contributed by atoms with van der Waals surface area (Å²) in [5.74, 6) is 0. The van der Waals surface area contributed by atoms with E-state index < -0.39 is 33.1 Å². The number of rotatable bonds is 3. The van der Waals surface area contributed by atoms with Crippen molar-refractivity contribution in [2.24, 2.45) is 0 Å². The predicted molar refractivity (Wildman–Crippen MR) is 312 cm³/mol. The molecule has 15 heteroatoms. The third-order valence-corrected chi connectivity index (χ3v) is 15.5. The third-order valence-electron chi connectivity index (χ3n) is 12.4. The topological polar surface area (TPSA) is 78.1 Å². The highest BCUT2D eigenvalue weighted by molar-refractivity contribution is 7.54. The Balaban J connectivity index is 0.000000172. The van der Waals surface area contributed by atoms with Crippen LogP contribution in [0.25, 0.3) is 64.1 Å². The molecule has 6 nitrogen and oxygen atoms in total. The minimum absolute atomic E-state index is 0.0419. The molecule has 0 spiro atoms. The molecule has 10 aromatic rings. The molecule has 4 heterocycles. The molecule has 6 aromatic carbocycles. The Morgan fingerprint density at radius 1 is 0.423 bits per heavy atom. The van der Waals surface area contributed by atoms with E-state index in [0.717, 1.165) is 20.9 Å². The van der Waals surface area contributed by atoms with Crippen molar-refractivity contribution in [1.82, 2.24) is 9.13 Å². The number of thiophene rings is 2. The normalized spacial score (nSPS) is 12.3. The maximum atomic E-state index is 12.1. The molecule has 4 aromatic heterocycles. The van der Waals surface area contributed by atoms with Crippen LogP contribution in [0.2, 0.25) is 15.1 Å². The van der Waals surface area contributed by atoms with E-state index in [4.69, 9.17) is 65.0 Å². The van der Waals surface area contributed by atoms with Gasteiger partial charge in [-0.05, 0) is 122 Å². The van der Waals surface area contributed by atoms with Crippen molar-refractivity contribution in [2.75, 3.05) is 0 Å². The van der Waals surface area contributed by atoms with Gasteiger partial charge in [0.15, 0.2) is 0 Å². The first-order valence-electron chi connectivity index (χ1n) is 22.8. The molecule has 0 atom stereocenters. The Morgan fingerprint density at radius 2 is 0.746 bits per heavy atom. The largest absolute Gasteiger partial charge is 0.643 e. The van der Waals surface area contributed by atoms with Crippen LogP contribution < -0.4 is 21.7 Å². The van der Waals surface area contributed by atoms with Crippen LogP contribution in [0, 0.1) is 0 Å². The van der Waals surface area contributed by atoms with Crippen LogP contribution in [0.5, 0.6) is 0 Å². The maximum absolute atomic E-state index is 12.1. The average Bonchev–Trinajstić information content (AvgIpc) is 4.12. The quantitative estimate of drug-likeness (QED) is 0.130. The van der Waals surface area contributed by atoms with Gasteiger partial charge in [-0.3, -0.25) is 19.2 Å². The Kier molecular flexibility index (Phi) is 15.9. The molecule has 0 N–H and O–H groups in total. The van der Waals surface area contributed by atoms with Gasteiger partial charge in [0.1, 0.15) is 20.1 Å². The molecule has 0 saturated carbocycles. The number of halogens is 6. The second kappa shape index (κ2) is 20.6. The third kappa shape index (κ3) is 11.2. The first-order chi connectivity index (χ1) is 32.9. The standard InChI is InChI=1S/C28H26ClNO2S.C24H27NS.C4Cl2O2.Al.3ClH/c1-27(2,3)15-7-9-19-17(13-15)18-14-16(28(4,5)6)8-10-20(18)30(19)22-12-11-21(33-22)23-24(29)26(32)25(23)31;1-23(2,3)16-9-11-20-18(14-16)19-15-17(24(4,5)6)10-12-21(19)25(20)22-8-7-13-26-22;5-1-2(6)4(8)3(1)7;;;;/h7-14H,1-6H3;7-15H,1-6H3;;;3*1H/q;;;+3;;;/p-3. The lowest BCUT2D eigenvalue weighted by Crippen LogP contribution is -2.32. The molecule has 0 unspecified atom stereocenters. The number of aromatic nitrogens is 2. The van der Waals surface area contributed by atoms with Crippen molar-refractivity contribution in [1.29, 1.82) is 0 Å². The number of hydrogen-bond donors (Lipinski definition) is 0. The molecule has 0 saturated heterocycles. The monoisotopic (exact) mass is 1120 g/mol. The summed E-state index contributed by atoms with van der Waals surface area (Å²) >= 11 is 17.8. The van der Waals surface area contributed by atoms with Crippen molar-refractivity contribution >= 4 is 143 Å². The highest BCUT2D eigenvalue weighted by atomic mass is 35.8. The molecule has 0 fully saturated rings. The van der Waals surface area contributed by atoms with E-state index in [9.17, 15) is 19.2 Å². The Morgan fingerprint density at radius 3 is 1.03 bits per heavy atom. The van der Waals surface area contributed by atoms with Crippen LogP contribution in [0.15, 0.2) is 122 Å². The first kappa shape index (κ1) is 55.1. The molecule has 0 radical (unpaired) electrons. The van der Waals surface area contributed by atoms with E-state index in [1.54, 1.807) is 11.3 Å². The fraction of sp³-hybridized carbons (Fsp3) is 0.286. The van der Waals surface area contributed by atoms with Crippen LogP contribution >= 0.6 is 87.6 Å². The van der Waals surface area contributed by atoms with Crippen molar-refractivity contribution in [2.45, 2.75) is 105 Å². The molecule has 10 rings (SSSR count). The number of benzene rings is 4. The lowest BCUT2D eigenvalue weighted by atomic mass is 9.85. The van der Waals surface area contributed by atoms with Crippen molar-refractivity contribution < 1.29 is 0 Å². The molecule has 0 amide bonds. The summed E-state index contributed by atoms with van der Waals surface area (Å²) in [5, 5.41) is 9.31. The van der Waals surface area contributed by atoms with Crippen LogP contribution in [-0.4, -0.2) is 20.5 Å². The van der Waals surface area contributed by atoms with Crippen molar-refractivity contribution in [3.8, 4) is 20.4 Å². The highest BCUT2D eigenvalue weighted by Crippen LogP contribution is 2.42. The number of fused-ring (bicyclic) bond motifs is 6. The molecule has 71 heavy (non-hydrogen) atoms. The zero-order valence-electron chi connectivity index (χ0n) is 41.5. The van der Waals surface area contributed by atoms with Gasteiger partial charge in [0.05, 0.1) is 32.6 Å². The first-order valence-corrected chi connectivity index (χ1v) is 30.9. The van der Waals surface area contributed by atoms with Crippen LogP contribution in [0.3, 0.4) is 0 Å². The van der Waals surface area contributed by atoms with Gasteiger partial charge >= 0.3 is 11.4 Å². The second-order valence-electron chi connectivity index (χ2n) is 21.6. The Hall–Kier alpha value is -3.69. The lowest BCUT2D eigenvalue weighted by molar-refractivity contribution is 0.590.